The number of carbonyl (C=O) groups excluding carboxylic acids is 1. The van der Waals surface area contributed by atoms with Crippen LogP contribution in [0.15, 0.2) is 30.3 Å². The second-order valence-electron chi connectivity index (χ2n) is 5.16. The summed E-state index contributed by atoms with van der Waals surface area (Å²) in [6, 6.07) is 10.1. The van der Waals surface area contributed by atoms with Gasteiger partial charge in [0.15, 0.2) is 0 Å². The predicted molar refractivity (Wildman–Crippen MR) is 79.6 cm³/mol. The summed E-state index contributed by atoms with van der Waals surface area (Å²) in [4.78, 5) is 11.8. The van der Waals surface area contributed by atoms with Crippen LogP contribution in [0.5, 0.6) is 0 Å². The number of carbonyl (C=O) groups is 1. The molecule has 4 nitrogen and oxygen atoms in total. The lowest BCUT2D eigenvalue weighted by atomic mass is 10.1. The van der Waals surface area contributed by atoms with E-state index in [0.29, 0.717) is 19.5 Å². The summed E-state index contributed by atoms with van der Waals surface area (Å²) in [5.74, 6) is 0.0513. The summed E-state index contributed by atoms with van der Waals surface area (Å²) >= 11 is 0. The van der Waals surface area contributed by atoms with Crippen LogP contribution in [0.2, 0.25) is 0 Å². The minimum absolute atomic E-state index is 0.0513. The predicted octanol–water partition coefficient (Wildman–Crippen LogP) is 2.17. The van der Waals surface area contributed by atoms with Gasteiger partial charge >= 0.3 is 0 Å². The smallest absolute Gasteiger partial charge is 0.224 e. The SMILES string of the molecule is Cc1ccc(CC(=O)NCCn2nc(C)cc2C)cc1. The molecular weight excluding hydrogens is 250 g/mol. The summed E-state index contributed by atoms with van der Waals surface area (Å²) in [5, 5.41) is 7.30. The highest BCUT2D eigenvalue weighted by atomic mass is 16.1. The van der Waals surface area contributed by atoms with Gasteiger partial charge in [0.2, 0.25) is 5.91 Å². The standard InChI is InChI=1S/C16H21N3O/c1-12-4-6-15(7-5-12)11-16(20)17-8-9-19-14(3)10-13(2)18-19/h4-7,10H,8-9,11H2,1-3H3,(H,17,20). The van der Waals surface area contributed by atoms with E-state index >= 15 is 0 Å². The van der Waals surface area contributed by atoms with E-state index in [1.165, 1.54) is 5.56 Å². The molecule has 20 heavy (non-hydrogen) atoms. The molecule has 1 aromatic heterocycles. The van der Waals surface area contributed by atoms with Crippen LogP contribution in [0.1, 0.15) is 22.5 Å². The Hall–Kier alpha value is -2.10. The Bertz CT molecular complexity index is 584. The van der Waals surface area contributed by atoms with Crippen molar-refractivity contribution in [1.29, 1.82) is 0 Å². The lowest BCUT2D eigenvalue weighted by Crippen LogP contribution is -2.29. The van der Waals surface area contributed by atoms with Gasteiger partial charge in [0.05, 0.1) is 18.7 Å². The van der Waals surface area contributed by atoms with Crippen LogP contribution in [-0.4, -0.2) is 22.2 Å². The van der Waals surface area contributed by atoms with Gasteiger partial charge in [0.1, 0.15) is 0 Å². The highest BCUT2D eigenvalue weighted by Gasteiger charge is 2.04. The average molecular weight is 271 g/mol. The third-order valence-corrected chi connectivity index (χ3v) is 3.23. The number of amides is 1. The fraction of sp³-hybridized carbons (Fsp3) is 0.375. The van der Waals surface area contributed by atoms with Crippen molar-refractivity contribution in [2.24, 2.45) is 0 Å². The molecule has 0 aliphatic rings. The molecular formula is C16H21N3O. The number of benzene rings is 1. The summed E-state index contributed by atoms with van der Waals surface area (Å²) in [7, 11) is 0. The van der Waals surface area contributed by atoms with Gasteiger partial charge in [-0.3, -0.25) is 9.48 Å². The number of nitrogens with zero attached hydrogens (tertiary/aromatic N) is 2. The van der Waals surface area contributed by atoms with Crippen molar-refractivity contribution in [1.82, 2.24) is 15.1 Å². The van der Waals surface area contributed by atoms with Crippen molar-refractivity contribution in [3.63, 3.8) is 0 Å². The van der Waals surface area contributed by atoms with E-state index in [2.05, 4.69) is 10.4 Å². The maximum absolute atomic E-state index is 11.8. The molecule has 1 N–H and O–H groups in total. The first-order chi connectivity index (χ1) is 9.54. The van der Waals surface area contributed by atoms with E-state index in [1.807, 2.05) is 55.8 Å². The Morgan fingerprint density at radius 2 is 1.90 bits per heavy atom. The first-order valence-electron chi connectivity index (χ1n) is 6.88. The molecule has 0 saturated heterocycles. The fourth-order valence-corrected chi connectivity index (χ4v) is 2.16. The summed E-state index contributed by atoms with van der Waals surface area (Å²) in [6.45, 7) is 7.35. The fourth-order valence-electron chi connectivity index (χ4n) is 2.16. The number of hydrogen-bond acceptors (Lipinski definition) is 2. The van der Waals surface area contributed by atoms with Crippen molar-refractivity contribution < 1.29 is 4.79 Å². The van der Waals surface area contributed by atoms with Crippen molar-refractivity contribution in [3.8, 4) is 0 Å². The summed E-state index contributed by atoms with van der Waals surface area (Å²) in [5.41, 5.74) is 4.38. The average Bonchev–Trinajstić information content (AvgIpc) is 2.71. The number of rotatable bonds is 5. The minimum atomic E-state index is 0.0513. The Morgan fingerprint density at radius 3 is 2.50 bits per heavy atom. The zero-order valence-corrected chi connectivity index (χ0v) is 12.3. The van der Waals surface area contributed by atoms with Crippen LogP contribution in [0.3, 0.4) is 0 Å². The normalized spacial score (nSPS) is 10.6. The third-order valence-electron chi connectivity index (χ3n) is 3.23. The molecule has 0 unspecified atom stereocenters. The van der Waals surface area contributed by atoms with Crippen molar-refractivity contribution in [2.45, 2.75) is 33.7 Å². The lowest BCUT2D eigenvalue weighted by molar-refractivity contribution is -0.120. The molecule has 0 aliphatic heterocycles. The molecule has 1 aromatic carbocycles. The van der Waals surface area contributed by atoms with Gasteiger partial charge < -0.3 is 5.32 Å². The van der Waals surface area contributed by atoms with Gasteiger partial charge in [-0.05, 0) is 32.4 Å². The van der Waals surface area contributed by atoms with Gasteiger partial charge in [0.25, 0.3) is 0 Å². The molecule has 1 amide bonds. The molecule has 0 fully saturated rings. The second kappa shape index (κ2) is 6.37. The highest BCUT2D eigenvalue weighted by Crippen LogP contribution is 2.04. The zero-order valence-electron chi connectivity index (χ0n) is 12.3. The minimum Gasteiger partial charge on any atom is -0.354 e. The summed E-state index contributed by atoms with van der Waals surface area (Å²) in [6.07, 6.45) is 0.428. The maximum atomic E-state index is 11.8. The Morgan fingerprint density at radius 1 is 1.20 bits per heavy atom. The van der Waals surface area contributed by atoms with Crippen LogP contribution >= 0.6 is 0 Å². The van der Waals surface area contributed by atoms with Gasteiger partial charge in [-0.1, -0.05) is 29.8 Å². The molecule has 1 heterocycles. The van der Waals surface area contributed by atoms with E-state index in [0.717, 1.165) is 17.0 Å². The molecule has 0 atom stereocenters. The Balaban J connectivity index is 1.78. The number of aryl methyl sites for hydroxylation is 3. The topological polar surface area (TPSA) is 46.9 Å². The molecule has 2 rings (SSSR count). The van der Waals surface area contributed by atoms with Crippen LogP contribution in [0.4, 0.5) is 0 Å². The van der Waals surface area contributed by atoms with Crippen LogP contribution < -0.4 is 5.32 Å². The monoisotopic (exact) mass is 271 g/mol. The highest BCUT2D eigenvalue weighted by molar-refractivity contribution is 5.78. The van der Waals surface area contributed by atoms with E-state index in [4.69, 9.17) is 0 Å². The van der Waals surface area contributed by atoms with E-state index < -0.39 is 0 Å². The molecule has 2 aromatic rings. The quantitative estimate of drug-likeness (QED) is 0.906. The molecule has 0 spiro atoms. The molecule has 106 valence electrons. The maximum Gasteiger partial charge on any atom is 0.224 e. The van der Waals surface area contributed by atoms with E-state index in [1.54, 1.807) is 0 Å². The van der Waals surface area contributed by atoms with Crippen molar-refractivity contribution in [2.75, 3.05) is 6.54 Å². The van der Waals surface area contributed by atoms with Gasteiger partial charge in [-0.2, -0.15) is 5.10 Å². The third kappa shape index (κ3) is 3.95. The Labute approximate surface area is 119 Å². The molecule has 0 bridgehead atoms. The molecule has 4 heteroatoms. The van der Waals surface area contributed by atoms with Crippen LogP contribution in [0, 0.1) is 20.8 Å². The molecule has 0 aliphatic carbocycles. The molecule has 0 radical (unpaired) electrons. The number of hydrogen-bond donors (Lipinski definition) is 1. The summed E-state index contributed by atoms with van der Waals surface area (Å²) < 4.78 is 1.92. The van der Waals surface area contributed by atoms with E-state index in [9.17, 15) is 4.79 Å². The zero-order chi connectivity index (χ0) is 14.5. The first kappa shape index (κ1) is 14.3. The molecule has 0 saturated carbocycles. The van der Waals surface area contributed by atoms with Crippen molar-refractivity contribution >= 4 is 5.91 Å². The van der Waals surface area contributed by atoms with Crippen LogP contribution in [-0.2, 0) is 17.8 Å². The largest absolute Gasteiger partial charge is 0.354 e. The van der Waals surface area contributed by atoms with Crippen molar-refractivity contribution in [3.05, 3.63) is 52.8 Å². The van der Waals surface area contributed by atoms with E-state index in [-0.39, 0.29) is 5.91 Å². The lowest BCUT2D eigenvalue weighted by Gasteiger charge is -2.07. The number of nitrogens with one attached hydrogen (secondary N) is 1. The van der Waals surface area contributed by atoms with Gasteiger partial charge in [-0.25, -0.2) is 0 Å². The first-order valence-corrected chi connectivity index (χ1v) is 6.88. The van der Waals surface area contributed by atoms with Gasteiger partial charge in [0, 0.05) is 12.2 Å². The van der Waals surface area contributed by atoms with Gasteiger partial charge in [-0.15, -0.1) is 0 Å². The Kier molecular flexibility index (Phi) is 4.56. The van der Waals surface area contributed by atoms with Crippen LogP contribution in [0.25, 0.3) is 0 Å². The number of aromatic nitrogens is 2. The second-order valence-corrected chi connectivity index (χ2v) is 5.16.